The van der Waals surface area contributed by atoms with E-state index in [4.69, 9.17) is 11.6 Å². The van der Waals surface area contributed by atoms with Gasteiger partial charge in [-0.05, 0) is 29.7 Å². The zero-order chi connectivity index (χ0) is 18.1. The minimum absolute atomic E-state index is 0.0606. The van der Waals surface area contributed by atoms with Crippen LogP contribution in [0, 0.1) is 0 Å². The summed E-state index contributed by atoms with van der Waals surface area (Å²) < 4.78 is 0. The van der Waals surface area contributed by atoms with E-state index in [1.807, 2.05) is 47.4 Å². The summed E-state index contributed by atoms with van der Waals surface area (Å²) in [6.07, 6.45) is 1.24. The maximum absolute atomic E-state index is 12.8. The monoisotopic (exact) mass is 386 g/mol. The van der Waals surface area contributed by atoms with Crippen molar-refractivity contribution in [1.82, 2.24) is 10.2 Å². The van der Waals surface area contributed by atoms with E-state index in [9.17, 15) is 9.59 Å². The number of nitrogens with zero attached hydrogens (tertiary/aromatic N) is 1. The molecule has 0 bridgehead atoms. The van der Waals surface area contributed by atoms with Gasteiger partial charge in [0.25, 0.3) is 0 Å². The summed E-state index contributed by atoms with van der Waals surface area (Å²) in [6.45, 7) is 0.428. The van der Waals surface area contributed by atoms with Crippen molar-refractivity contribution in [2.24, 2.45) is 0 Å². The number of amides is 2. The van der Waals surface area contributed by atoms with Crippen LogP contribution in [0.25, 0.3) is 0 Å². The number of carbonyl (C=O) groups is 2. The molecule has 2 amide bonds. The molecular formula is C20H19ClN2O2S. The van der Waals surface area contributed by atoms with E-state index in [2.05, 4.69) is 5.32 Å². The van der Waals surface area contributed by atoms with Gasteiger partial charge >= 0.3 is 0 Å². The summed E-state index contributed by atoms with van der Waals surface area (Å²) in [6, 6.07) is 17.0. The van der Waals surface area contributed by atoms with Gasteiger partial charge in [-0.15, -0.1) is 11.8 Å². The first kappa shape index (κ1) is 17.4. The summed E-state index contributed by atoms with van der Waals surface area (Å²) in [4.78, 5) is 26.8. The molecule has 2 fully saturated rings. The van der Waals surface area contributed by atoms with Crippen molar-refractivity contribution < 1.29 is 9.59 Å². The van der Waals surface area contributed by atoms with Crippen molar-refractivity contribution in [1.29, 1.82) is 0 Å². The highest BCUT2D eigenvalue weighted by Gasteiger charge is 2.56. The molecule has 4 nitrogen and oxygen atoms in total. The van der Waals surface area contributed by atoms with E-state index in [0.717, 1.165) is 17.5 Å². The first-order valence-corrected chi connectivity index (χ1v) is 10.0. The van der Waals surface area contributed by atoms with Gasteiger partial charge in [-0.2, -0.15) is 0 Å². The average molecular weight is 387 g/mol. The van der Waals surface area contributed by atoms with Gasteiger partial charge in [0.15, 0.2) is 0 Å². The largest absolute Gasteiger partial charge is 0.350 e. The van der Waals surface area contributed by atoms with Crippen molar-refractivity contribution in [3.63, 3.8) is 0 Å². The lowest BCUT2D eigenvalue weighted by molar-refractivity contribution is -0.138. The third kappa shape index (κ3) is 2.99. The molecule has 2 saturated heterocycles. The van der Waals surface area contributed by atoms with E-state index in [1.54, 1.807) is 23.9 Å². The Balaban J connectivity index is 1.51. The van der Waals surface area contributed by atoms with E-state index in [-0.39, 0.29) is 11.8 Å². The second-order valence-corrected chi connectivity index (χ2v) is 8.32. The van der Waals surface area contributed by atoms with Gasteiger partial charge in [-0.3, -0.25) is 9.59 Å². The van der Waals surface area contributed by atoms with Crippen LogP contribution >= 0.6 is 23.4 Å². The highest BCUT2D eigenvalue weighted by atomic mass is 35.5. The molecule has 2 heterocycles. The fourth-order valence-corrected chi connectivity index (χ4v) is 5.52. The number of thioether (sulfide) groups is 1. The molecular weight excluding hydrogens is 368 g/mol. The Bertz CT molecular complexity index is 827. The topological polar surface area (TPSA) is 49.4 Å². The summed E-state index contributed by atoms with van der Waals surface area (Å²) in [5.41, 5.74) is 2.08. The molecule has 6 heteroatoms. The van der Waals surface area contributed by atoms with Crippen molar-refractivity contribution in [3.05, 3.63) is 70.7 Å². The number of rotatable bonds is 4. The summed E-state index contributed by atoms with van der Waals surface area (Å²) >= 11 is 7.60. The predicted octanol–water partition coefficient (Wildman–Crippen LogP) is 3.55. The second kappa shape index (κ2) is 6.97. The lowest BCUT2D eigenvalue weighted by Crippen LogP contribution is -2.49. The lowest BCUT2D eigenvalue weighted by Gasteiger charge is -2.34. The lowest BCUT2D eigenvalue weighted by atomic mass is 10.0. The number of hydrogen-bond donors (Lipinski definition) is 1. The van der Waals surface area contributed by atoms with E-state index < -0.39 is 10.9 Å². The van der Waals surface area contributed by atoms with Crippen LogP contribution in [0.1, 0.15) is 24.0 Å². The average Bonchev–Trinajstić information content (AvgIpc) is 3.21. The van der Waals surface area contributed by atoms with Gasteiger partial charge in [0.05, 0.1) is 0 Å². The molecule has 0 unspecified atom stereocenters. The predicted molar refractivity (Wildman–Crippen MR) is 104 cm³/mol. The Labute approximate surface area is 161 Å². The second-order valence-electron chi connectivity index (χ2n) is 6.59. The molecule has 134 valence electrons. The minimum Gasteiger partial charge on any atom is -0.350 e. The Morgan fingerprint density at radius 3 is 2.65 bits per heavy atom. The van der Waals surface area contributed by atoms with Gasteiger partial charge in [-0.25, -0.2) is 0 Å². The van der Waals surface area contributed by atoms with Crippen LogP contribution in [0.15, 0.2) is 54.6 Å². The number of hydrogen-bond acceptors (Lipinski definition) is 3. The smallest absolute Gasteiger partial charge is 0.244 e. The highest BCUT2D eigenvalue weighted by Crippen LogP contribution is 2.54. The van der Waals surface area contributed by atoms with Crippen LogP contribution in [-0.2, 0) is 21.0 Å². The van der Waals surface area contributed by atoms with Gasteiger partial charge in [0, 0.05) is 23.7 Å². The number of fused-ring (bicyclic) bond motifs is 1. The van der Waals surface area contributed by atoms with Crippen molar-refractivity contribution in [2.75, 3.05) is 5.75 Å². The highest BCUT2D eigenvalue weighted by molar-refractivity contribution is 8.00. The summed E-state index contributed by atoms with van der Waals surface area (Å²) in [7, 11) is 0. The van der Waals surface area contributed by atoms with Gasteiger partial charge < -0.3 is 10.2 Å². The first-order chi connectivity index (χ1) is 12.6. The Kier molecular flexibility index (Phi) is 4.67. The summed E-state index contributed by atoms with van der Waals surface area (Å²) in [5, 5.41) is 3.64. The molecule has 2 aliphatic heterocycles. The molecule has 2 aliphatic rings. The molecule has 0 radical (unpaired) electrons. The molecule has 4 rings (SSSR count). The third-order valence-electron chi connectivity index (χ3n) is 5.03. The van der Waals surface area contributed by atoms with Gasteiger partial charge in [0.1, 0.15) is 10.9 Å². The molecule has 2 atom stereocenters. The molecule has 0 aliphatic carbocycles. The zero-order valence-electron chi connectivity index (χ0n) is 14.2. The molecule has 0 spiro atoms. The number of halogens is 1. The van der Waals surface area contributed by atoms with Crippen molar-refractivity contribution in [2.45, 2.75) is 30.3 Å². The normalized spacial score (nSPS) is 24.6. The Morgan fingerprint density at radius 2 is 1.92 bits per heavy atom. The van der Waals surface area contributed by atoms with Crippen LogP contribution in [0.4, 0.5) is 0 Å². The number of benzene rings is 2. The fourth-order valence-electron chi connectivity index (χ4n) is 3.74. The number of nitrogens with one attached hydrogen (secondary N) is 1. The van der Waals surface area contributed by atoms with Crippen LogP contribution in [0.2, 0.25) is 5.02 Å². The molecule has 1 N–H and O–H groups in total. The minimum atomic E-state index is -0.428. The third-order valence-corrected chi connectivity index (χ3v) is 6.88. The van der Waals surface area contributed by atoms with Crippen molar-refractivity contribution in [3.8, 4) is 0 Å². The maximum atomic E-state index is 12.8. The van der Waals surface area contributed by atoms with Gasteiger partial charge in [0.2, 0.25) is 11.8 Å². The first-order valence-electron chi connectivity index (χ1n) is 8.64. The molecule has 0 aromatic heterocycles. The van der Waals surface area contributed by atoms with E-state index in [0.29, 0.717) is 23.7 Å². The van der Waals surface area contributed by atoms with Gasteiger partial charge in [-0.1, -0.05) is 54.1 Å². The Morgan fingerprint density at radius 1 is 1.19 bits per heavy atom. The van der Waals surface area contributed by atoms with Crippen LogP contribution < -0.4 is 5.32 Å². The molecule has 26 heavy (non-hydrogen) atoms. The van der Waals surface area contributed by atoms with Crippen LogP contribution in [0.5, 0.6) is 0 Å². The van der Waals surface area contributed by atoms with E-state index in [1.165, 1.54) is 0 Å². The fraction of sp³-hybridized carbons (Fsp3) is 0.300. The van der Waals surface area contributed by atoms with Crippen molar-refractivity contribution >= 4 is 35.2 Å². The van der Waals surface area contributed by atoms with E-state index >= 15 is 0 Å². The molecule has 2 aromatic carbocycles. The van der Waals surface area contributed by atoms with Crippen LogP contribution in [0.3, 0.4) is 0 Å². The molecule has 2 aromatic rings. The Hall–Kier alpha value is -1.98. The zero-order valence-corrected chi connectivity index (χ0v) is 15.7. The molecule has 0 saturated carbocycles. The standard InChI is InChI=1S/C20H19ClN2O2S/c21-16-8-6-14(7-9-16)12-22-19(25)17-13-26-20(11-10-18(24)23(17)20)15-4-2-1-3-5-15/h1-9,17H,10-13H2,(H,22,25)/t17-,20+/m1/s1. The summed E-state index contributed by atoms with van der Waals surface area (Å²) in [5.74, 6) is 0.582. The quantitative estimate of drug-likeness (QED) is 0.874. The number of carbonyl (C=O) groups excluding carboxylic acids is 2. The van der Waals surface area contributed by atoms with Crippen LogP contribution in [-0.4, -0.2) is 28.5 Å². The SMILES string of the molecule is O=C(NCc1ccc(Cl)cc1)[C@H]1CS[C@]2(c3ccccc3)CCC(=O)N12. The maximum Gasteiger partial charge on any atom is 0.244 e.